The molecule has 1 heterocycles. The predicted molar refractivity (Wildman–Crippen MR) is 105 cm³/mol. The lowest BCUT2D eigenvalue weighted by atomic mass is 10.2. The number of hydrogen-bond acceptors (Lipinski definition) is 3. The van der Waals surface area contributed by atoms with Crippen molar-refractivity contribution in [2.75, 3.05) is 7.05 Å². The summed E-state index contributed by atoms with van der Waals surface area (Å²) in [6.07, 6.45) is 0. The first-order valence-corrected chi connectivity index (χ1v) is 9.14. The Morgan fingerprint density at radius 3 is 2.54 bits per heavy atom. The third-order valence-electron chi connectivity index (χ3n) is 4.14. The van der Waals surface area contributed by atoms with E-state index in [9.17, 15) is 4.39 Å². The molecule has 26 heavy (non-hydrogen) atoms. The number of halogens is 2. The lowest BCUT2D eigenvalue weighted by Crippen LogP contribution is -2.23. The largest absolute Gasteiger partial charge is 0.300 e. The van der Waals surface area contributed by atoms with Crippen LogP contribution in [0.3, 0.4) is 0 Å². The van der Waals surface area contributed by atoms with Gasteiger partial charge in [-0.25, -0.2) is 9.07 Å². The Bertz CT molecular complexity index is 932. The van der Waals surface area contributed by atoms with E-state index in [1.165, 1.54) is 6.07 Å². The van der Waals surface area contributed by atoms with E-state index in [2.05, 4.69) is 5.10 Å². The topological polar surface area (TPSA) is 26.0 Å². The smallest absolute Gasteiger partial charge is 0.199 e. The summed E-state index contributed by atoms with van der Waals surface area (Å²) in [5, 5.41) is 5.11. The monoisotopic (exact) mass is 390 g/mol. The molecule has 136 valence electrons. The molecule has 0 N–H and O–H groups in total. The summed E-state index contributed by atoms with van der Waals surface area (Å²) in [5.41, 5.74) is 1.49. The molecule has 4 nitrogen and oxygen atoms in total. The molecule has 0 unspecified atom stereocenters. The molecule has 0 fully saturated rings. The number of benzene rings is 2. The molecule has 0 spiro atoms. The van der Waals surface area contributed by atoms with Crippen LogP contribution in [0.4, 0.5) is 4.39 Å². The number of rotatable bonds is 6. The van der Waals surface area contributed by atoms with Gasteiger partial charge in [-0.1, -0.05) is 48.0 Å². The first kappa shape index (κ1) is 18.8. The van der Waals surface area contributed by atoms with Crippen molar-refractivity contribution < 1.29 is 4.39 Å². The Labute approximate surface area is 162 Å². The van der Waals surface area contributed by atoms with Crippen molar-refractivity contribution in [2.24, 2.45) is 0 Å². The minimum absolute atomic E-state index is 0.308. The fourth-order valence-electron chi connectivity index (χ4n) is 2.85. The van der Waals surface area contributed by atoms with Crippen molar-refractivity contribution >= 4 is 23.8 Å². The van der Waals surface area contributed by atoms with Crippen molar-refractivity contribution in [1.82, 2.24) is 19.2 Å². The zero-order valence-electron chi connectivity index (χ0n) is 14.7. The summed E-state index contributed by atoms with van der Waals surface area (Å²) in [5.74, 6) is 0.521. The predicted octanol–water partition coefficient (Wildman–Crippen LogP) is 4.98. The second-order valence-corrected chi connectivity index (χ2v) is 6.84. The molecule has 3 aromatic rings. The van der Waals surface area contributed by atoms with Crippen molar-refractivity contribution in [1.29, 1.82) is 0 Å². The van der Waals surface area contributed by atoms with E-state index in [-0.39, 0.29) is 5.82 Å². The summed E-state index contributed by atoms with van der Waals surface area (Å²) < 4.78 is 18.4. The Morgan fingerprint density at radius 2 is 1.88 bits per heavy atom. The molecule has 0 aliphatic heterocycles. The van der Waals surface area contributed by atoms with Gasteiger partial charge < -0.3 is 4.57 Å². The van der Waals surface area contributed by atoms with Gasteiger partial charge in [0.05, 0.1) is 6.67 Å². The normalized spacial score (nSPS) is 11.3. The highest BCUT2D eigenvalue weighted by atomic mass is 35.5. The van der Waals surface area contributed by atoms with Gasteiger partial charge in [-0.3, -0.25) is 4.90 Å². The van der Waals surface area contributed by atoms with Gasteiger partial charge >= 0.3 is 0 Å². The third kappa shape index (κ3) is 3.87. The van der Waals surface area contributed by atoms with E-state index in [4.69, 9.17) is 23.8 Å². The maximum Gasteiger partial charge on any atom is 0.199 e. The molecule has 0 radical (unpaired) electrons. The third-order valence-corrected chi connectivity index (χ3v) is 4.92. The van der Waals surface area contributed by atoms with E-state index < -0.39 is 0 Å². The second-order valence-electron chi connectivity index (χ2n) is 6.07. The zero-order chi connectivity index (χ0) is 18.7. The molecule has 0 saturated carbocycles. The molecule has 0 atom stereocenters. The van der Waals surface area contributed by atoms with Crippen LogP contribution >= 0.6 is 23.8 Å². The lowest BCUT2D eigenvalue weighted by molar-refractivity contribution is 0.241. The van der Waals surface area contributed by atoms with Crippen LogP contribution in [0, 0.1) is 10.6 Å². The van der Waals surface area contributed by atoms with E-state index in [1.807, 2.05) is 53.8 Å². The van der Waals surface area contributed by atoms with Crippen LogP contribution in [0.25, 0.3) is 11.4 Å². The summed E-state index contributed by atoms with van der Waals surface area (Å²) in [6, 6.07) is 14.7. The van der Waals surface area contributed by atoms with Gasteiger partial charge in [-0.2, -0.15) is 5.10 Å². The highest BCUT2D eigenvalue weighted by Crippen LogP contribution is 2.21. The Kier molecular flexibility index (Phi) is 5.86. The van der Waals surface area contributed by atoms with Gasteiger partial charge in [-0.05, 0) is 38.3 Å². The van der Waals surface area contributed by atoms with Crippen molar-refractivity contribution in [2.45, 2.75) is 26.7 Å². The molecule has 2 aromatic carbocycles. The van der Waals surface area contributed by atoms with Crippen LogP contribution in [0.15, 0.2) is 48.5 Å². The van der Waals surface area contributed by atoms with Gasteiger partial charge in [0.1, 0.15) is 5.82 Å². The van der Waals surface area contributed by atoms with Crippen LogP contribution < -0.4 is 0 Å². The summed E-state index contributed by atoms with van der Waals surface area (Å²) in [6.45, 7) is 3.58. The van der Waals surface area contributed by atoms with E-state index >= 15 is 0 Å². The second kappa shape index (κ2) is 8.12. The fourth-order valence-corrected chi connectivity index (χ4v) is 3.39. The SMILES string of the molecule is CCn1c(-c2ccccc2)nn(CN(C)Cc2c(F)cccc2Cl)c1=S. The van der Waals surface area contributed by atoms with Crippen LogP contribution in [0.5, 0.6) is 0 Å². The van der Waals surface area contributed by atoms with E-state index in [1.54, 1.807) is 16.8 Å². The van der Waals surface area contributed by atoms with Crippen molar-refractivity contribution in [3.8, 4) is 11.4 Å². The van der Waals surface area contributed by atoms with Crippen molar-refractivity contribution in [3.63, 3.8) is 0 Å². The molecule has 0 bridgehead atoms. The van der Waals surface area contributed by atoms with E-state index in [0.717, 1.165) is 17.9 Å². The molecule has 0 aliphatic rings. The molecule has 1 aromatic heterocycles. The minimum Gasteiger partial charge on any atom is -0.300 e. The minimum atomic E-state index is -0.308. The maximum absolute atomic E-state index is 14.0. The van der Waals surface area contributed by atoms with Gasteiger partial charge in [-0.15, -0.1) is 0 Å². The number of nitrogens with zero attached hydrogens (tertiary/aromatic N) is 4. The molecule has 0 saturated heterocycles. The van der Waals surface area contributed by atoms with Gasteiger partial charge in [0, 0.05) is 29.2 Å². The van der Waals surface area contributed by atoms with Crippen LogP contribution in [0.1, 0.15) is 12.5 Å². The van der Waals surface area contributed by atoms with Gasteiger partial charge in [0.15, 0.2) is 10.6 Å². The Balaban J connectivity index is 1.86. The standard InChI is InChI=1S/C19H20ClFN4S/c1-3-24-18(14-8-5-4-6-9-14)22-25(19(24)26)13-23(2)12-15-16(20)10-7-11-17(15)21/h4-11H,3,12-13H2,1-2H3. The molecular weight excluding hydrogens is 371 g/mol. The summed E-state index contributed by atoms with van der Waals surface area (Å²) in [4.78, 5) is 1.93. The molecule has 3 rings (SSSR count). The molecule has 0 aliphatic carbocycles. The number of aromatic nitrogens is 3. The Hall–Kier alpha value is -2.02. The fraction of sp³-hybridized carbons (Fsp3) is 0.263. The quantitative estimate of drug-likeness (QED) is 0.555. The molecule has 7 heteroatoms. The van der Waals surface area contributed by atoms with Crippen LogP contribution in [-0.4, -0.2) is 26.3 Å². The highest BCUT2D eigenvalue weighted by Gasteiger charge is 2.14. The maximum atomic E-state index is 14.0. The first-order valence-electron chi connectivity index (χ1n) is 8.35. The van der Waals surface area contributed by atoms with E-state index in [0.29, 0.717) is 28.6 Å². The summed E-state index contributed by atoms with van der Waals surface area (Å²) >= 11 is 11.7. The average molecular weight is 391 g/mol. The molecular formula is C19H20ClFN4S. The van der Waals surface area contributed by atoms with Gasteiger partial charge in [0.2, 0.25) is 0 Å². The zero-order valence-corrected chi connectivity index (χ0v) is 16.3. The number of hydrogen-bond donors (Lipinski definition) is 0. The average Bonchev–Trinajstić information content (AvgIpc) is 2.95. The molecule has 0 amide bonds. The summed E-state index contributed by atoms with van der Waals surface area (Å²) in [7, 11) is 1.89. The van der Waals surface area contributed by atoms with Crippen LogP contribution in [0.2, 0.25) is 5.02 Å². The van der Waals surface area contributed by atoms with Crippen LogP contribution in [-0.2, 0) is 19.8 Å². The van der Waals surface area contributed by atoms with Crippen molar-refractivity contribution in [3.05, 3.63) is 69.7 Å². The first-order chi connectivity index (χ1) is 12.5. The highest BCUT2D eigenvalue weighted by molar-refractivity contribution is 7.71. The lowest BCUT2D eigenvalue weighted by Gasteiger charge is -2.17. The Morgan fingerprint density at radius 1 is 1.15 bits per heavy atom. The van der Waals surface area contributed by atoms with Gasteiger partial charge in [0.25, 0.3) is 0 Å².